The molecule has 0 saturated heterocycles. The van der Waals surface area contributed by atoms with E-state index in [0.29, 0.717) is 26.1 Å². The molecule has 0 unspecified atom stereocenters. The zero-order valence-electron chi connectivity index (χ0n) is 13.7. The maximum Gasteiger partial charge on any atom is 0.313 e. The molecule has 0 fully saturated rings. The summed E-state index contributed by atoms with van der Waals surface area (Å²) < 4.78 is 1.51. The number of carboxylic acid groups (broad SMARTS) is 1. The number of rotatable bonds is 4. The molecule has 134 valence electrons. The second-order valence-corrected chi connectivity index (χ2v) is 8.55. The first kappa shape index (κ1) is 17.6. The zero-order valence-corrected chi connectivity index (χ0v) is 16.1. The van der Waals surface area contributed by atoms with Gasteiger partial charge in [-0.1, -0.05) is 23.4 Å². The Bertz CT molecular complexity index is 1060. The molecule has 0 radical (unpaired) electrons. The predicted octanol–water partition coefficient (Wildman–Crippen LogP) is 4.16. The highest BCUT2D eigenvalue weighted by molar-refractivity contribution is 7.99. The molecule has 26 heavy (non-hydrogen) atoms. The van der Waals surface area contributed by atoms with Crippen LogP contribution in [0.5, 0.6) is 0 Å². The van der Waals surface area contributed by atoms with Crippen molar-refractivity contribution in [2.75, 3.05) is 5.75 Å². The van der Waals surface area contributed by atoms with E-state index in [0.717, 1.165) is 43.0 Å². The number of hydrogen-bond acceptors (Lipinski definition) is 5. The number of thiophene rings is 1. The van der Waals surface area contributed by atoms with Crippen molar-refractivity contribution in [3.8, 4) is 5.69 Å². The third kappa shape index (κ3) is 3.15. The molecule has 2 heterocycles. The third-order valence-electron chi connectivity index (χ3n) is 4.37. The summed E-state index contributed by atoms with van der Waals surface area (Å²) in [5.74, 6) is -1.10. The van der Waals surface area contributed by atoms with E-state index in [1.165, 1.54) is 9.44 Å². The molecule has 0 bridgehead atoms. The lowest BCUT2D eigenvalue weighted by Crippen LogP contribution is -2.22. The smallest absolute Gasteiger partial charge is 0.313 e. The molecule has 5 nitrogen and oxygen atoms in total. The van der Waals surface area contributed by atoms with Gasteiger partial charge in [0.2, 0.25) is 0 Å². The van der Waals surface area contributed by atoms with Gasteiger partial charge in [-0.3, -0.25) is 14.2 Å². The minimum Gasteiger partial charge on any atom is -0.481 e. The highest BCUT2D eigenvalue weighted by atomic mass is 35.5. The maximum atomic E-state index is 13.3. The Balaban J connectivity index is 1.97. The molecule has 1 aromatic carbocycles. The summed E-state index contributed by atoms with van der Waals surface area (Å²) >= 11 is 8.59. The molecule has 0 spiro atoms. The summed E-state index contributed by atoms with van der Waals surface area (Å²) in [6, 6.07) is 6.92. The van der Waals surface area contributed by atoms with Crippen LogP contribution in [0.25, 0.3) is 15.9 Å². The lowest BCUT2D eigenvalue weighted by atomic mass is 9.97. The van der Waals surface area contributed by atoms with Crippen molar-refractivity contribution in [3.63, 3.8) is 0 Å². The Labute approximate surface area is 162 Å². The van der Waals surface area contributed by atoms with Gasteiger partial charge in [0, 0.05) is 9.90 Å². The molecule has 1 N–H and O–H groups in total. The van der Waals surface area contributed by atoms with Crippen LogP contribution in [-0.2, 0) is 17.6 Å². The lowest BCUT2D eigenvalue weighted by Gasteiger charge is -2.13. The second kappa shape index (κ2) is 7.06. The fourth-order valence-corrected chi connectivity index (χ4v) is 5.39. The number of nitrogens with zero attached hydrogens (tertiary/aromatic N) is 2. The van der Waals surface area contributed by atoms with Crippen LogP contribution in [0.15, 0.2) is 34.2 Å². The molecule has 0 saturated carbocycles. The van der Waals surface area contributed by atoms with Gasteiger partial charge in [0.15, 0.2) is 5.16 Å². The maximum absolute atomic E-state index is 13.3. The van der Waals surface area contributed by atoms with Gasteiger partial charge in [-0.05, 0) is 55.5 Å². The van der Waals surface area contributed by atoms with Crippen molar-refractivity contribution >= 4 is 50.9 Å². The molecule has 0 atom stereocenters. The number of benzene rings is 1. The number of carbonyl (C=O) groups is 1. The molecule has 8 heteroatoms. The molecule has 1 aliphatic carbocycles. The first-order valence-corrected chi connectivity index (χ1v) is 10.4. The van der Waals surface area contributed by atoms with E-state index in [1.54, 1.807) is 35.6 Å². The number of aliphatic carboxylic acids is 1. The molecular formula is C18H15ClN2O3S2. The number of aryl methyl sites for hydroxylation is 2. The SMILES string of the molecule is O=C(O)CSc1nc2sc3c(c2c(=O)n1-c1ccc(Cl)cc1)CCCC3. The molecule has 2 aromatic heterocycles. The molecule has 0 aliphatic heterocycles. The van der Waals surface area contributed by atoms with Crippen LogP contribution in [0.2, 0.25) is 5.02 Å². The number of fused-ring (bicyclic) bond motifs is 3. The monoisotopic (exact) mass is 406 g/mol. The number of thioether (sulfide) groups is 1. The summed E-state index contributed by atoms with van der Waals surface area (Å²) in [6.45, 7) is 0. The second-order valence-electron chi connectivity index (χ2n) is 6.08. The van der Waals surface area contributed by atoms with E-state index in [-0.39, 0.29) is 11.3 Å². The zero-order chi connectivity index (χ0) is 18.3. The lowest BCUT2D eigenvalue weighted by molar-refractivity contribution is -0.133. The summed E-state index contributed by atoms with van der Waals surface area (Å²) in [4.78, 5) is 31.0. The highest BCUT2D eigenvalue weighted by Gasteiger charge is 2.23. The largest absolute Gasteiger partial charge is 0.481 e. The summed E-state index contributed by atoms with van der Waals surface area (Å²) in [5, 5.41) is 10.7. The number of carboxylic acids is 1. The van der Waals surface area contributed by atoms with Gasteiger partial charge < -0.3 is 5.11 Å². The fourth-order valence-electron chi connectivity index (χ4n) is 3.23. The van der Waals surface area contributed by atoms with Gasteiger partial charge in [0.05, 0.1) is 16.8 Å². The first-order chi connectivity index (χ1) is 12.5. The van der Waals surface area contributed by atoms with E-state index in [1.807, 2.05) is 0 Å². The molecule has 4 rings (SSSR count). The van der Waals surface area contributed by atoms with Crippen LogP contribution in [0.1, 0.15) is 23.3 Å². The van der Waals surface area contributed by atoms with Crippen LogP contribution < -0.4 is 5.56 Å². The summed E-state index contributed by atoms with van der Waals surface area (Å²) in [5.41, 5.74) is 1.62. The van der Waals surface area contributed by atoms with E-state index >= 15 is 0 Å². The van der Waals surface area contributed by atoms with Crippen molar-refractivity contribution in [1.82, 2.24) is 9.55 Å². The standard InChI is InChI=1S/C18H15ClN2O3S2/c19-10-5-7-11(8-6-10)21-17(24)15-12-3-1-2-4-13(12)26-16(15)20-18(21)25-9-14(22)23/h5-8H,1-4,9H2,(H,22,23). The minimum absolute atomic E-state index is 0.135. The predicted molar refractivity (Wildman–Crippen MR) is 105 cm³/mol. The van der Waals surface area contributed by atoms with Crippen molar-refractivity contribution in [1.29, 1.82) is 0 Å². The van der Waals surface area contributed by atoms with Crippen LogP contribution in [0.4, 0.5) is 0 Å². The van der Waals surface area contributed by atoms with Gasteiger partial charge >= 0.3 is 5.97 Å². The first-order valence-electron chi connectivity index (χ1n) is 8.22. The normalized spacial score (nSPS) is 13.7. The van der Waals surface area contributed by atoms with Crippen LogP contribution in [0.3, 0.4) is 0 Å². The Morgan fingerprint density at radius 3 is 2.73 bits per heavy atom. The van der Waals surface area contributed by atoms with Crippen molar-refractivity contribution < 1.29 is 9.90 Å². The molecule has 0 amide bonds. The van der Waals surface area contributed by atoms with E-state index in [2.05, 4.69) is 4.98 Å². The average Bonchev–Trinajstić information content (AvgIpc) is 2.99. The summed E-state index contributed by atoms with van der Waals surface area (Å²) in [7, 11) is 0. The Morgan fingerprint density at radius 1 is 1.27 bits per heavy atom. The van der Waals surface area contributed by atoms with Gasteiger partial charge in [-0.2, -0.15) is 0 Å². The van der Waals surface area contributed by atoms with Crippen LogP contribution in [-0.4, -0.2) is 26.4 Å². The third-order valence-corrected chi connectivity index (χ3v) is 6.73. The topological polar surface area (TPSA) is 72.2 Å². The van der Waals surface area contributed by atoms with Gasteiger partial charge in [-0.25, -0.2) is 4.98 Å². The Kier molecular flexibility index (Phi) is 4.77. The van der Waals surface area contributed by atoms with Crippen molar-refractivity contribution in [2.24, 2.45) is 0 Å². The Morgan fingerprint density at radius 2 is 2.00 bits per heavy atom. The molecule has 3 aromatic rings. The Hall–Kier alpha value is -1.83. The fraction of sp³-hybridized carbons (Fsp3) is 0.278. The van der Waals surface area contributed by atoms with Crippen molar-refractivity contribution in [3.05, 3.63) is 50.1 Å². The minimum atomic E-state index is -0.947. The van der Waals surface area contributed by atoms with E-state index < -0.39 is 5.97 Å². The molecule has 1 aliphatic rings. The quantitative estimate of drug-likeness (QED) is 0.520. The number of halogens is 1. The average molecular weight is 407 g/mol. The van der Waals surface area contributed by atoms with Crippen LogP contribution >= 0.6 is 34.7 Å². The summed E-state index contributed by atoms with van der Waals surface area (Å²) in [6.07, 6.45) is 4.09. The number of hydrogen-bond donors (Lipinski definition) is 1. The van der Waals surface area contributed by atoms with E-state index in [4.69, 9.17) is 16.7 Å². The highest BCUT2D eigenvalue weighted by Crippen LogP contribution is 2.35. The van der Waals surface area contributed by atoms with E-state index in [9.17, 15) is 9.59 Å². The van der Waals surface area contributed by atoms with Crippen molar-refractivity contribution in [2.45, 2.75) is 30.8 Å². The van der Waals surface area contributed by atoms with Gasteiger partial charge in [0.1, 0.15) is 4.83 Å². The van der Waals surface area contributed by atoms with Crippen LogP contribution in [0, 0.1) is 0 Å². The number of aromatic nitrogens is 2. The van der Waals surface area contributed by atoms with Gasteiger partial charge in [-0.15, -0.1) is 11.3 Å². The van der Waals surface area contributed by atoms with Gasteiger partial charge in [0.25, 0.3) is 5.56 Å². The molecular weight excluding hydrogens is 392 g/mol.